The minimum Gasteiger partial charge on any atom is -0.455 e. The molecule has 2 aromatic carbocycles. The molecule has 30 heavy (non-hydrogen) atoms. The minimum absolute atomic E-state index is 0.217. The topological polar surface area (TPSA) is 75.0 Å². The van der Waals surface area contributed by atoms with Gasteiger partial charge >= 0.3 is 0 Å². The van der Waals surface area contributed by atoms with E-state index in [1.54, 1.807) is 6.07 Å². The highest BCUT2D eigenvalue weighted by Gasteiger charge is 2.24. The van der Waals surface area contributed by atoms with Gasteiger partial charge in [0.05, 0.1) is 23.4 Å². The first kappa shape index (κ1) is 19.9. The molecule has 0 unspecified atom stereocenters. The summed E-state index contributed by atoms with van der Waals surface area (Å²) >= 11 is 6.03. The molecule has 1 fully saturated rings. The second-order valence-corrected chi connectivity index (χ2v) is 7.61. The van der Waals surface area contributed by atoms with Crippen molar-refractivity contribution in [1.82, 2.24) is 10.3 Å². The number of nitrogens with zero attached hydrogens (tertiary/aromatic N) is 2. The largest absolute Gasteiger partial charge is 0.455 e. The van der Waals surface area contributed by atoms with Crippen molar-refractivity contribution in [3.8, 4) is 17.6 Å². The smallest absolute Gasteiger partial charge is 0.255 e. The lowest BCUT2D eigenvalue weighted by Crippen LogP contribution is -2.26. The fourth-order valence-corrected chi connectivity index (χ4v) is 3.46. The first-order chi connectivity index (χ1) is 14.6. The first-order valence-corrected chi connectivity index (χ1v) is 10.2. The predicted octanol–water partition coefficient (Wildman–Crippen LogP) is 5.25. The Morgan fingerprint density at radius 1 is 1.20 bits per heavy atom. The fourth-order valence-electron chi connectivity index (χ4n) is 3.31. The lowest BCUT2D eigenvalue weighted by atomic mass is 10.1. The molecular formula is C24H20ClN3O2. The van der Waals surface area contributed by atoms with Gasteiger partial charge in [0, 0.05) is 6.54 Å². The Hall–Kier alpha value is -3.36. The van der Waals surface area contributed by atoms with Crippen LogP contribution < -0.4 is 10.1 Å². The molecule has 1 aromatic heterocycles. The number of nitriles is 1. The summed E-state index contributed by atoms with van der Waals surface area (Å²) in [5.74, 6) is 1.32. The summed E-state index contributed by atoms with van der Waals surface area (Å²) in [7, 11) is 0. The zero-order valence-electron chi connectivity index (χ0n) is 16.3. The van der Waals surface area contributed by atoms with Gasteiger partial charge in [0.15, 0.2) is 5.75 Å². The average molecular weight is 418 g/mol. The lowest BCUT2D eigenvalue weighted by molar-refractivity contribution is 0.0951. The number of hydrogen-bond acceptors (Lipinski definition) is 4. The molecule has 0 spiro atoms. The summed E-state index contributed by atoms with van der Waals surface area (Å²) in [6.07, 6.45) is 4.42. The van der Waals surface area contributed by atoms with E-state index in [1.807, 2.05) is 36.4 Å². The van der Waals surface area contributed by atoms with Crippen molar-refractivity contribution in [3.63, 3.8) is 0 Å². The lowest BCUT2D eigenvalue weighted by Gasteiger charge is -2.12. The maximum absolute atomic E-state index is 12.8. The average Bonchev–Trinajstić information content (AvgIpc) is 3.61. The van der Waals surface area contributed by atoms with E-state index >= 15 is 0 Å². The van der Waals surface area contributed by atoms with Crippen molar-refractivity contribution in [2.75, 3.05) is 6.54 Å². The third-order valence-electron chi connectivity index (χ3n) is 5.03. The number of ether oxygens (including phenoxy) is 1. The van der Waals surface area contributed by atoms with Gasteiger partial charge in [-0.05, 0) is 60.6 Å². The Balaban J connectivity index is 1.46. The molecule has 0 saturated heterocycles. The normalized spacial score (nSPS) is 12.8. The second-order valence-electron chi connectivity index (χ2n) is 7.23. The Bertz CT molecular complexity index is 1120. The quantitative estimate of drug-likeness (QED) is 0.533. The number of hydrogen-bond donors (Lipinski definition) is 1. The molecule has 1 amide bonds. The van der Waals surface area contributed by atoms with E-state index < -0.39 is 0 Å². The Labute approximate surface area is 180 Å². The van der Waals surface area contributed by atoms with E-state index in [-0.39, 0.29) is 11.1 Å². The van der Waals surface area contributed by atoms with E-state index in [0.29, 0.717) is 41.5 Å². The number of rotatable bonds is 7. The van der Waals surface area contributed by atoms with Crippen LogP contribution in [0.15, 0.2) is 60.8 Å². The van der Waals surface area contributed by atoms with E-state index in [9.17, 15) is 10.1 Å². The molecule has 3 aromatic rings. The van der Waals surface area contributed by atoms with Gasteiger partial charge in [-0.25, -0.2) is 4.98 Å². The predicted molar refractivity (Wildman–Crippen MR) is 115 cm³/mol. The van der Waals surface area contributed by atoms with Gasteiger partial charge in [0.2, 0.25) is 0 Å². The van der Waals surface area contributed by atoms with Gasteiger partial charge < -0.3 is 10.1 Å². The summed E-state index contributed by atoms with van der Waals surface area (Å²) < 4.78 is 5.98. The van der Waals surface area contributed by atoms with E-state index in [4.69, 9.17) is 16.3 Å². The highest BCUT2D eigenvalue weighted by molar-refractivity contribution is 6.29. The van der Waals surface area contributed by atoms with E-state index in [2.05, 4.69) is 22.4 Å². The molecule has 6 heteroatoms. The Morgan fingerprint density at radius 3 is 2.83 bits per heavy atom. The third-order valence-corrected chi connectivity index (χ3v) is 5.24. The molecule has 1 saturated carbocycles. The van der Waals surface area contributed by atoms with Gasteiger partial charge in [-0.1, -0.05) is 41.9 Å². The number of aromatic nitrogens is 1. The first-order valence-electron chi connectivity index (χ1n) is 9.83. The van der Waals surface area contributed by atoms with Crippen molar-refractivity contribution in [1.29, 1.82) is 5.26 Å². The number of pyridine rings is 1. The van der Waals surface area contributed by atoms with Gasteiger partial charge in [-0.3, -0.25) is 4.79 Å². The molecule has 0 bridgehead atoms. The SMILES string of the molecule is N#Cc1ccccc1CCNC(=O)c1cc(Cl)ncc1Oc1cccc(C2CC2)c1. The molecule has 0 radical (unpaired) electrons. The van der Waals surface area contributed by atoms with Crippen LogP contribution in [0.4, 0.5) is 0 Å². The number of amides is 1. The van der Waals surface area contributed by atoms with Gasteiger partial charge in [-0.15, -0.1) is 0 Å². The van der Waals surface area contributed by atoms with Crippen molar-refractivity contribution in [2.24, 2.45) is 0 Å². The zero-order valence-corrected chi connectivity index (χ0v) is 17.0. The molecular weight excluding hydrogens is 398 g/mol. The third kappa shape index (κ3) is 4.79. The molecule has 1 N–H and O–H groups in total. The number of carbonyl (C=O) groups is 1. The zero-order chi connectivity index (χ0) is 20.9. The maximum atomic E-state index is 12.8. The molecule has 1 heterocycles. The fraction of sp³-hybridized carbons (Fsp3) is 0.208. The van der Waals surface area contributed by atoms with E-state index in [1.165, 1.54) is 30.7 Å². The van der Waals surface area contributed by atoms with Crippen LogP contribution in [-0.2, 0) is 6.42 Å². The summed E-state index contributed by atoms with van der Waals surface area (Å²) in [4.78, 5) is 16.9. The van der Waals surface area contributed by atoms with Crippen LogP contribution >= 0.6 is 11.6 Å². The summed E-state index contributed by atoms with van der Waals surface area (Å²) in [5.41, 5.74) is 3.07. The molecule has 1 aliphatic carbocycles. The summed E-state index contributed by atoms with van der Waals surface area (Å²) in [6, 6.07) is 18.9. The minimum atomic E-state index is -0.304. The van der Waals surface area contributed by atoms with Gasteiger partial charge in [0.1, 0.15) is 10.9 Å². The van der Waals surface area contributed by atoms with Crippen molar-refractivity contribution >= 4 is 17.5 Å². The molecule has 4 rings (SSSR count). The van der Waals surface area contributed by atoms with Crippen molar-refractivity contribution in [3.05, 3.63) is 88.2 Å². The Morgan fingerprint density at radius 2 is 2.03 bits per heavy atom. The van der Waals surface area contributed by atoms with Crippen LogP contribution in [0, 0.1) is 11.3 Å². The van der Waals surface area contributed by atoms with Gasteiger partial charge in [0.25, 0.3) is 5.91 Å². The Kier molecular flexibility index (Phi) is 5.97. The summed E-state index contributed by atoms with van der Waals surface area (Å²) in [5, 5.41) is 12.3. The molecule has 0 atom stereocenters. The van der Waals surface area contributed by atoms with Crippen LogP contribution in [0.3, 0.4) is 0 Å². The van der Waals surface area contributed by atoms with E-state index in [0.717, 1.165) is 5.56 Å². The van der Waals surface area contributed by atoms with Crippen LogP contribution in [-0.4, -0.2) is 17.4 Å². The van der Waals surface area contributed by atoms with Crippen LogP contribution in [0.2, 0.25) is 5.15 Å². The molecule has 1 aliphatic rings. The molecule has 0 aliphatic heterocycles. The number of halogens is 1. The monoisotopic (exact) mass is 417 g/mol. The second kappa shape index (κ2) is 8.98. The maximum Gasteiger partial charge on any atom is 0.255 e. The van der Waals surface area contributed by atoms with Gasteiger partial charge in [-0.2, -0.15) is 5.26 Å². The highest BCUT2D eigenvalue weighted by Crippen LogP contribution is 2.41. The van der Waals surface area contributed by atoms with Crippen LogP contribution in [0.25, 0.3) is 0 Å². The van der Waals surface area contributed by atoms with Crippen molar-refractivity contribution in [2.45, 2.75) is 25.2 Å². The molecule has 5 nitrogen and oxygen atoms in total. The number of benzene rings is 2. The van der Waals surface area contributed by atoms with Crippen LogP contribution in [0.5, 0.6) is 11.5 Å². The van der Waals surface area contributed by atoms with Crippen LogP contribution in [0.1, 0.15) is 45.8 Å². The van der Waals surface area contributed by atoms with Crippen molar-refractivity contribution < 1.29 is 9.53 Å². The molecule has 150 valence electrons. The number of carbonyl (C=O) groups excluding carboxylic acids is 1. The summed E-state index contributed by atoms with van der Waals surface area (Å²) in [6.45, 7) is 0.383. The number of nitrogens with one attached hydrogen (secondary N) is 1. The highest BCUT2D eigenvalue weighted by atomic mass is 35.5. The standard InChI is InChI=1S/C24H20ClN3O2/c25-23-13-21(24(29)27-11-10-16-4-1-2-5-19(16)14-26)22(15-28-23)30-20-7-3-6-18(12-20)17-8-9-17/h1-7,12-13,15,17H,8-11H2,(H,27,29).